The number of thiophene rings is 1. The number of rotatable bonds is 6. The van der Waals surface area contributed by atoms with Gasteiger partial charge in [0.15, 0.2) is 0 Å². The first-order valence-electron chi connectivity index (χ1n) is 7.97. The molecule has 0 aliphatic carbocycles. The van der Waals surface area contributed by atoms with Gasteiger partial charge in [-0.1, -0.05) is 18.2 Å². The molecule has 0 spiro atoms. The Morgan fingerprint density at radius 1 is 1.26 bits per heavy atom. The van der Waals surface area contributed by atoms with Gasteiger partial charge in [-0.05, 0) is 55.1 Å². The zero-order valence-corrected chi connectivity index (χ0v) is 14.1. The third kappa shape index (κ3) is 3.92. The van der Waals surface area contributed by atoms with Crippen molar-refractivity contribution in [1.29, 1.82) is 0 Å². The van der Waals surface area contributed by atoms with Gasteiger partial charge in [0.2, 0.25) is 0 Å². The van der Waals surface area contributed by atoms with Crippen LogP contribution in [0.2, 0.25) is 0 Å². The standard InChI is InChI=1S/C18H22N2O2S/c1-22-15-8-6-14(7-9-15)16(20-10-2-3-11-20)13-19-18(21)17-5-4-12-23-17/h4-9,12,16H,2-3,10-11,13H2,1H3,(H,19,21). The quantitative estimate of drug-likeness (QED) is 0.883. The number of amides is 1. The van der Waals surface area contributed by atoms with Crippen LogP contribution < -0.4 is 10.1 Å². The molecule has 0 radical (unpaired) electrons. The summed E-state index contributed by atoms with van der Waals surface area (Å²) in [6.45, 7) is 2.81. The molecular formula is C18H22N2O2S. The Kier molecular flexibility index (Phi) is 5.31. The summed E-state index contributed by atoms with van der Waals surface area (Å²) in [5.74, 6) is 0.870. The first-order chi connectivity index (χ1) is 11.3. The third-order valence-corrected chi connectivity index (χ3v) is 5.15. The summed E-state index contributed by atoms with van der Waals surface area (Å²) in [7, 11) is 1.67. The summed E-state index contributed by atoms with van der Waals surface area (Å²) in [5, 5.41) is 5.01. The molecule has 2 heterocycles. The Balaban J connectivity index is 1.71. The van der Waals surface area contributed by atoms with E-state index in [0.717, 1.165) is 23.7 Å². The van der Waals surface area contributed by atoms with Crippen molar-refractivity contribution in [2.24, 2.45) is 0 Å². The second-order valence-corrected chi connectivity index (χ2v) is 6.67. The van der Waals surface area contributed by atoms with Crippen LogP contribution in [-0.4, -0.2) is 37.6 Å². The lowest BCUT2D eigenvalue weighted by molar-refractivity contribution is 0.0942. The van der Waals surface area contributed by atoms with Gasteiger partial charge in [0.05, 0.1) is 18.0 Å². The Morgan fingerprint density at radius 2 is 2.00 bits per heavy atom. The molecule has 1 saturated heterocycles. The fourth-order valence-electron chi connectivity index (χ4n) is 3.02. The maximum Gasteiger partial charge on any atom is 0.261 e. The van der Waals surface area contributed by atoms with Gasteiger partial charge in [-0.15, -0.1) is 11.3 Å². The predicted octanol–water partition coefficient (Wildman–Crippen LogP) is 3.32. The molecular weight excluding hydrogens is 308 g/mol. The SMILES string of the molecule is COc1ccc(C(CNC(=O)c2cccs2)N2CCCC2)cc1. The second-order valence-electron chi connectivity index (χ2n) is 5.72. The van der Waals surface area contributed by atoms with E-state index in [9.17, 15) is 4.79 Å². The molecule has 1 aromatic carbocycles. The molecule has 122 valence electrons. The lowest BCUT2D eigenvalue weighted by Gasteiger charge is -2.28. The highest BCUT2D eigenvalue weighted by atomic mass is 32.1. The molecule has 0 bridgehead atoms. The fraction of sp³-hybridized carbons (Fsp3) is 0.389. The van der Waals surface area contributed by atoms with E-state index in [0.29, 0.717) is 6.54 Å². The largest absolute Gasteiger partial charge is 0.497 e. The molecule has 1 N–H and O–H groups in total. The van der Waals surface area contributed by atoms with Crippen LogP contribution in [0.4, 0.5) is 0 Å². The summed E-state index contributed by atoms with van der Waals surface area (Å²) in [4.78, 5) is 15.4. The van der Waals surface area contributed by atoms with E-state index < -0.39 is 0 Å². The van der Waals surface area contributed by atoms with E-state index in [4.69, 9.17) is 4.74 Å². The monoisotopic (exact) mass is 330 g/mol. The maximum absolute atomic E-state index is 12.2. The average molecular weight is 330 g/mol. The van der Waals surface area contributed by atoms with Crippen LogP contribution in [0, 0.1) is 0 Å². The van der Waals surface area contributed by atoms with Crippen LogP contribution in [0.1, 0.15) is 34.1 Å². The Morgan fingerprint density at radius 3 is 2.61 bits per heavy atom. The normalized spacial score (nSPS) is 16.2. The minimum atomic E-state index is 0.0118. The molecule has 1 atom stereocenters. The number of hydrogen-bond donors (Lipinski definition) is 1. The van der Waals surface area contributed by atoms with Gasteiger partial charge in [-0.3, -0.25) is 9.69 Å². The van der Waals surface area contributed by atoms with Crippen molar-refractivity contribution in [3.05, 3.63) is 52.2 Å². The van der Waals surface area contributed by atoms with Crippen molar-refractivity contribution in [1.82, 2.24) is 10.2 Å². The lowest BCUT2D eigenvalue weighted by atomic mass is 10.1. The van der Waals surface area contributed by atoms with E-state index in [-0.39, 0.29) is 11.9 Å². The van der Waals surface area contributed by atoms with Gasteiger partial charge in [0, 0.05) is 6.54 Å². The zero-order chi connectivity index (χ0) is 16.1. The Labute approximate surface area is 141 Å². The van der Waals surface area contributed by atoms with E-state index >= 15 is 0 Å². The maximum atomic E-state index is 12.2. The summed E-state index contributed by atoms with van der Waals surface area (Å²) >= 11 is 1.47. The first kappa shape index (κ1) is 16.0. The van der Waals surface area contributed by atoms with Gasteiger partial charge in [-0.2, -0.15) is 0 Å². The van der Waals surface area contributed by atoms with E-state index in [1.807, 2.05) is 29.6 Å². The van der Waals surface area contributed by atoms with Crippen LogP contribution in [0.25, 0.3) is 0 Å². The molecule has 1 aliphatic rings. The molecule has 0 saturated carbocycles. The summed E-state index contributed by atoms with van der Waals surface area (Å²) < 4.78 is 5.24. The van der Waals surface area contributed by atoms with Gasteiger partial charge >= 0.3 is 0 Å². The molecule has 4 nitrogen and oxygen atoms in total. The molecule has 1 fully saturated rings. The molecule has 3 rings (SSSR count). The summed E-state index contributed by atoms with van der Waals surface area (Å²) in [6, 6.07) is 12.1. The van der Waals surface area contributed by atoms with Gasteiger partial charge in [-0.25, -0.2) is 0 Å². The lowest BCUT2D eigenvalue weighted by Crippen LogP contribution is -2.36. The fourth-order valence-corrected chi connectivity index (χ4v) is 3.66. The first-order valence-corrected chi connectivity index (χ1v) is 8.85. The Hall–Kier alpha value is -1.85. The molecule has 2 aromatic rings. The minimum absolute atomic E-state index is 0.0118. The van der Waals surface area contributed by atoms with Crippen molar-refractivity contribution >= 4 is 17.2 Å². The Bertz CT molecular complexity index is 619. The number of hydrogen-bond acceptors (Lipinski definition) is 4. The highest BCUT2D eigenvalue weighted by Gasteiger charge is 2.24. The summed E-state index contributed by atoms with van der Waals surface area (Å²) in [5.41, 5.74) is 1.22. The number of carbonyl (C=O) groups is 1. The molecule has 1 amide bonds. The number of ether oxygens (including phenoxy) is 1. The highest BCUT2D eigenvalue weighted by molar-refractivity contribution is 7.12. The number of methoxy groups -OCH3 is 1. The van der Waals surface area contributed by atoms with Gasteiger partial charge < -0.3 is 10.1 Å². The van der Waals surface area contributed by atoms with Crippen molar-refractivity contribution in [2.45, 2.75) is 18.9 Å². The second kappa shape index (κ2) is 7.62. The molecule has 1 aromatic heterocycles. The van der Waals surface area contributed by atoms with Crippen LogP contribution in [0.3, 0.4) is 0 Å². The van der Waals surface area contributed by atoms with Crippen LogP contribution in [-0.2, 0) is 0 Å². The van der Waals surface area contributed by atoms with Crippen molar-refractivity contribution in [2.75, 3.05) is 26.7 Å². The minimum Gasteiger partial charge on any atom is -0.497 e. The molecule has 5 heteroatoms. The zero-order valence-electron chi connectivity index (χ0n) is 13.3. The van der Waals surface area contributed by atoms with Crippen molar-refractivity contribution in [3.8, 4) is 5.75 Å². The van der Waals surface area contributed by atoms with E-state index in [1.54, 1.807) is 7.11 Å². The molecule has 1 aliphatic heterocycles. The average Bonchev–Trinajstić information content (AvgIpc) is 3.29. The highest BCUT2D eigenvalue weighted by Crippen LogP contribution is 2.26. The van der Waals surface area contributed by atoms with Crippen molar-refractivity contribution in [3.63, 3.8) is 0 Å². The van der Waals surface area contributed by atoms with Gasteiger partial charge in [0.1, 0.15) is 5.75 Å². The van der Waals surface area contributed by atoms with Crippen LogP contribution in [0.15, 0.2) is 41.8 Å². The van der Waals surface area contributed by atoms with Crippen LogP contribution >= 0.6 is 11.3 Å². The van der Waals surface area contributed by atoms with Crippen LogP contribution in [0.5, 0.6) is 5.75 Å². The van der Waals surface area contributed by atoms with E-state index in [2.05, 4.69) is 22.3 Å². The number of benzene rings is 1. The van der Waals surface area contributed by atoms with E-state index in [1.165, 1.54) is 29.7 Å². The smallest absolute Gasteiger partial charge is 0.261 e. The number of nitrogens with one attached hydrogen (secondary N) is 1. The molecule has 23 heavy (non-hydrogen) atoms. The predicted molar refractivity (Wildman–Crippen MR) is 93.2 cm³/mol. The third-order valence-electron chi connectivity index (χ3n) is 4.28. The topological polar surface area (TPSA) is 41.6 Å². The van der Waals surface area contributed by atoms with Gasteiger partial charge in [0.25, 0.3) is 5.91 Å². The number of nitrogens with zero attached hydrogens (tertiary/aromatic N) is 1. The van der Waals surface area contributed by atoms with Crippen molar-refractivity contribution < 1.29 is 9.53 Å². The number of carbonyl (C=O) groups excluding carboxylic acids is 1. The number of likely N-dealkylation sites (tertiary alicyclic amines) is 1. The summed E-state index contributed by atoms with van der Waals surface area (Å²) in [6.07, 6.45) is 2.46. The molecule has 1 unspecified atom stereocenters.